The van der Waals surface area contributed by atoms with Crippen molar-refractivity contribution < 1.29 is 18.8 Å². The average molecular weight is 410 g/mol. The molecule has 1 aromatic carbocycles. The Labute approximate surface area is 175 Å². The zero-order valence-corrected chi connectivity index (χ0v) is 16.9. The van der Waals surface area contributed by atoms with E-state index in [1.165, 1.54) is 6.26 Å². The second-order valence-corrected chi connectivity index (χ2v) is 7.83. The molecule has 8 heteroatoms. The minimum absolute atomic E-state index is 0.0394. The predicted octanol–water partition coefficient (Wildman–Crippen LogP) is 1.11. The molecule has 2 fully saturated rings. The van der Waals surface area contributed by atoms with Crippen molar-refractivity contribution >= 4 is 17.7 Å². The molecule has 3 heterocycles. The van der Waals surface area contributed by atoms with E-state index in [1.54, 1.807) is 19.1 Å². The lowest BCUT2D eigenvalue weighted by atomic mass is 10.1. The molecule has 30 heavy (non-hydrogen) atoms. The molecule has 2 aliphatic rings. The van der Waals surface area contributed by atoms with Crippen molar-refractivity contribution in [2.45, 2.75) is 31.5 Å². The summed E-state index contributed by atoms with van der Waals surface area (Å²) in [6, 6.07) is 12.0. The van der Waals surface area contributed by atoms with Crippen LogP contribution in [0.2, 0.25) is 0 Å². The summed E-state index contributed by atoms with van der Waals surface area (Å²) in [5.74, 6) is -0.489. The van der Waals surface area contributed by atoms with Gasteiger partial charge in [0.15, 0.2) is 5.76 Å². The molecule has 2 N–H and O–H groups in total. The molecule has 2 bridgehead atoms. The summed E-state index contributed by atoms with van der Waals surface area (Å²) in [7, 11) is 0. The van der Waals surface area contributed by atoms with Gasteiger partial charge in [-0.25, -0.2) is 0 Å². The highest BCUT2D eigenvalue weighted by atomic mass is 16.3. The summed E-state index contributed by atoms with van der Waals surface area (Å²) >= 11 is 0. The van der Waals surface area contributed by atoms with Gasteiger partial charge in [0.1, 0.15) is 6.04 Å². The molecule has 1 unspecified atom stereocenters. The third kappa shape index (κ3) is 4.23. The van der Waals surface area contributed by atoms with Crippen LogP contribution in [0.5, 0.6) is 0 Å². The van der Waals surface area contributed by atoms with E-state index in [0.29, 0.717) is 18.7 Å². The van der Waals surface area contributed by atoms with Crippen molar-refractivity contribution in [2.24, 2.45) is 0 Å². The molecule has 3 amide bonds. The van der Waals surface area contributed by atoms with Crippen LogP contribution in [0.3, 0.4) is 0 Å². The number of carbonyl (C=O) groups is 3. The van der Waals surface area contributed by atoms with Crippen LogP contribution >= 0.6 is 0 Å². The number of fused-ring (bicyclic) bond motifs is 2. The topological polar surface area (TPSA) is 94.9 Å². The number of nitrogens with zero attached hydrogens (tertiary/aromatic N) is 2. The van der Waals surface area contributed by atoms with Gasteiger partial charge in [-0.2, -0.15) is 0 Å². The van der Waals surface area contributed by atoms with Crippen molar-refractivity contribution in [3.63, 3.8) is 0 Å². The van der Waals surface area contributed by atoms with E-state index in [1.807, 2.05) is 35.2 Å². The largest absolute Gasteiger partial charge is 0.459 e. The second kappa shape index (κ2) is 8.71. The average Bonchev–Trinajstić information content (AvgIpc) is 3.44. The van der Waals surface area contributed by atoms with Gasteiger partial charge in [-0.1, -0.05) is 18.2 Å². The molecule has 0 spiro atoms. The summed E-state index contributed by atoms with van der Waals surface area (Å²) in [5.41, 5.74) is 0.690. The highest BCUT2D eigenvalue weighted by Crippen LogP contribution is 2.26. The van der Waals surface area contributed by atoms with E-state index in [9.17, 15) is 14.4 Å². The molecule has 2 saturated heterocycles. The van der Waals surface area contributed by atoms with E-state index >= 15 is 0 Å². The molecular weight excluding hydrogens is 384 g/mol. The normalized spacial score (nSPS) is 23.6. The maximum absolute atomic E-state index is 13.0. The van der Waals surface area contributed by atoms with Gasteiger partial charge >= 0.3 is 0 Å². The number of furan rings is 1. The Kier molecular flexibility index (Phi) is 5.85. The molecule has 8 nitrogen and oxygen atoms in total. The first-order valence-corrected chi connectivity index (χ1v) is 10.2. The summed E-state index contributed by atoms with van der Waals surface area (Å²) in [6.45, 7) is 4.36. The number of nitrogens with one attached hydrogen (secondary N) is 2. The van der Waals surface area contributed by atoms with Crippen molar-refractivity contribution in [1.82, 2.24) is 20.4 Å². The lowest BCUT2D eigenvalue weighted by Gasteiger charge is -2.40. The number of carbonyl (C=O) groups excluding carboxylic acids is 3. The summed E-state index contributed by atoms with van der Waals surface area (Å²) in [6.07, 6.45) is 2.35. The Balaban J connectivity index is 1.33. The Morgan fingerprint density at radius 1 is 1.13 bits per heavy atom. The Morgan fingerprint density at radius 2 is 1.93 bits per heavy atom. The van der Waals surface area contributed by atoms with Gasteiger partial charge in [-0.15, -0.1) is 0 Å². The Morgan fingerprint density at radius 3 is 2.67 bits per heavy atom. The zero-order valence-electron chi connectivity index (χ0n) is 16.9. The number of benzene rings is 1. The number of amides is 3. The fraction of sp³-hybridized carbons (Fsp3) is 0.409. The maximum atomic E-state index is 13.0. The fourth-order valence-corrected chi connectivity index (χ4v) is 4.15. The Bertz CT molecular complexity index is 899. The first-order valence-electron chi connectivity index (χ1n) is 10.2. The minimum Gasteiger partial charge on any atom is -0.459 e. The summed E-state index contributed by atoms with van der Waals surface area (Å²) < 4.78 is 5.05. The monoisotopic (exact) mass is 410 g/mol. The number of rotatable bonds is 6. The van der Waals surface area contributed by atoms with Gasteiger partial charge in [0, 0.05) is 43.8 Å². The van der Waals surface area contributed by atoms with Crippen molar-refractivity contribution in [3.8, 4) is 0 Å². The highest BCUT2D eigenvalue weighted by molar-refractivity contribution is 5.95. The van der Waals surface area contributed by atoms with Gasteiger partial charge in [0.05, 0.1) is 6.26 Å². The van der Waals surface area contributed by atoms with Gasteiger partial charge in [0.25, 0.3) is 11.8 Å². The smallest absolute Gasteiger partial charge is 0.287 e. The molecule has 1 aromatic heterocycles. The maximum Gasteiger partial charge on any atom is 0.287 e. The second-order valence-electron chi connectivity index (χ2n) is 7.83. The summed E-state index contributed by atoms with van der Waals surface area (Å²) in [5, 5.41) is 5.55. The van der Waals surface area contributed by atoms with Crippen LogP contribution in [0.4, 0.5) is 0 Å². The summed E-state index contributed by atoms with van der Waals surface area (Å²) in [4.78, 5) is 41.8. The van der Waals surface area contributed by atoms with E-state index in [0.717, 1.165) is 19.5 Å². The number of piperazine rings is 1. The fourth-order valence-electron chi connectivity index (χ4n) is 4.15. The lowest BCUT2D eigenvalue weighted by molar-refractivity contribution is -0.122. The van der Waals surface area contributed by atoms with Gasteiger partial charge in [-0.05, 0) is 37.6 Å². The van der Waals surface area contributed by atoms with Crippen LogP contribution in [0.25, 0.3) is 0 Å². The molecular formula is C22H26N4O4. The molecule has 0 saturated carbocycles. The molecule has 4 rings (SSSR count). The Hall–Kier alpha value is -3.13. The van der Waals surface area contributed by atoms with Crippen LogP contribution < -0.4 is 10.6 Å². The van der Waals surface area contributed by atoms with Crippen molar-refractivity contribution in [3.05, 3.63) is 60.1 Å². The van der Waals surface area contributed by atoms with Gasteiger partial charge in [-0.3, -0.25) is 19.3 Å². The standard InChI is InChI=1S/C22H26N4O4/c1-15(24-21(28)19-8-5-11-30-19)20(27)23-12-18-14-26(17-9-10-25(18)13-17)22(29)16-6-3-2-4-7-16/h2-8,11,15,17-18H,9-10,12-14H2,1H3,(H,23,27)(H,24,28)/t15-,17-,18-/m0/s1. The van der Waals surface area contributed by atoms with E-state index in [-0.39, 0.29) is 29.7 Å². The third-order valence-corrected chi connectivity index (χ3v) is 5.84. The van der Waals surface area contributed by atoms with Crippen LogP contribution in [-0.4, -0.2) is 71.8 Å². The molecule has 0 radical (unpaired) electrons. The quantitative estimate of drug-likeness (QED) is 0.744. The van der Waals surface area contributed by atoms with Gasteiger partial charge < -0.3 is 20.0 Å². The first-order chi connectivity index (χ1) is 14.5. The van der Waals surface area contributed by atoms with Crippen LogP contribution in [-0.2, 0) is 4.79 Å². The zero-order chi connectivity index (χ0) is 21.1. The van der Waals surface area contributed by atoms with Crippen molar-refractivity contribution in [2.75, 3.05) is 26.2 Å². The highest BCUT2D eigenvalue weighted by Gasteiger charge is 2.41. The number of hydrogen-bond acceptors (Lipinski definition) is 5. The molecule has 0 aliphatic carbocycles. The van der Waals surface area contributed by atoms with E-state index in [2.05, 4.69) is 15.5 Å². The van der Waals surface area contributed by atoms with Crippen molar-refractivity contribution in [1.29, 1.82) is 0 Å². The minimum atomic E-state index is -0.695. The SMILES string of the molecule is C[C@H](NC(=O)c1ccco1)C(=O)NC[C@H]1CN(C(=O)c2ccccc2)[C@H]2CCN1C2. The van der Waals surface area contributed by atoms with Crippen LogP contribution in [0.1, 0.15) is 34.3 Å². The van der Waals surface area contributed by atoms with E-state index < -0.39 is 11.9 Å². The van der Waals surface area contributed by atoms with E-state index in [4.69, 9.17) is 4.42 Å². The van der Waals surface area contributed by atoms with Crippen LogP contribution in [0, 0.1) is 0 Å². The molecule has 4 atom stereocenters. The van der Waals surface area contributed by atoms with Gasteiger partial charge in [0.2, 0.25) is 5.91 Å². The van der Waals surface area contributed by atoms with Crippen LogP contribution in [0.15, 0.2) is 53.1 Å². The lowest BCUT2D eigenvalue weighted by Crippen LogP contribution is -2.58. The molecule has 158 valence electrons. The first kappa shape index (κ1) is 20.2. The predicted molar refractivity (Wildman–Crippen MR) is 110 cm³/mol. The molecule has 2 aliphatic heterocycles. The third-order valence-electron chi connectivity index (χ3n) is 5.84. The number of hydrogen-bond donors (Lipinski definition) is 2. The molecule has 2 aromatic rings.